The summed E-state index contributed by atoms with van der Waals surface area (Å²) < 4.78 is 16.7. The molecule has 0 aliphatic heterocycles. The molecule has 6 heteroatoms. The average molecular weight is 578 g/mol. The summed E-state index contributed by atoms with van der Waals surface area (Å²) >= 11 is 4.11. The van der Waals surface area contributed by atoms with Gasteiger partial charge in [-0.05, 0) is 91.3 Å². The minimum atomic E-state index is -0.314. The summed E-state index contributed by atoms with van der Waals surface area (Å²) in [5.74, 6) is 5.82. The molecule has 3 saturated carbocycles. The molecule has 1 N–H and O–H groups in total. The van der Waals surface area contributed by atoms with E-state index >= 15 is 0 Å². The van der Waals surface area contributed by atoms with Crippen molar-refractivity contribution in [2.45, 2.75) is 111 Å². The first-order chi connectivity index (χ1) is 19.2. The monoisotopic (exact) mass is 577 g/mol. The highest BCUT2D eigenvalue weighted by Crippen LogP contribution is 2.67. The number of hydrogen-bond acceptors (Lipinski definition) is 5. The third-order valence-electron chi connectivity index (χ3n) is 11.7. The number of alkyl carbamates (subject to hydrolysis) is 1. The zero-order chi connectivity index (χ0) is 28.8. The molecule has 230 valence electrons. The van der Waals surface area contributed by atoms with Crippen LogP contribution in [0.4, 0.5) is 4.79 Å². The van der Waals surface area contributed by atoms with Crippen LogP contribution in [-0.4, -0.2) is 50.9 Å². The Balaban J connectivity index is 1.26. The van der Waals surface area contributed by atoms with Gasteiger partial charge in [-0.1, -0.05) is 65.5 Å². The minimum absolute atomic E-state index is 0.0113. The van der Waals surface area contributed by atoms with Crippen molar-refractivity contribution >= 4 is 18.7 Å². The van der Waals surface area contributed by atoms with Crippen LogP contribution in [0.3, 0.4) is 0 Å². The van der Waals surface area contributed by atoms with E-state index in [9.17, 15) is 4.79 Å². The van der Waals surface area contributed by atoms with Crippen LogP contribution in [-0.2, 0) is 14.2 Å². The first kappa shape index (κ1) is 32.2. The number of hydrogen-bond donors (Lipinski definition) is 2. The Morgan fingerprint density at radius 2 is 1.77 bits per heavy atom. The van der Waals surface area contributed by atoms with Crippen molar-refractivity contribution < 1.29 is 19.0 Å². The lowest BCUT2D eigenvalue weighted by Gasteiger charge is -2.58. The predicted molar refractivity (Wildman–Crippen MR) is 167 cm³/mol. The van der Waals surface area contributed by atoms with Gasteiger partial charge in [0.05, 0.1) is 26.4 Å². The van der Waals surface area contributed by atoms with Gasteiger partial charge in [-0.3, -0.25) is 0 Å². The smallest absolute Gasteiger partial charge is 0.407 e. The molecule has 0 bridgehead atoms. The third-order valence-corrected chi connectivity index (χ3v) is 11.8. The Morgan fingerprint density at radius 1 is 1.00 bits per heavy atom. The molecule has 0 aromatic carbocycles. The standard InChI is InChI=1S/C34H59NO4S/c1-24(2)7-6-8-25(3)29-11-12-30-28-10-9-26-23-27(13-15-33(26,4)31(28)14-16-34(29,30)5)39-32(36)35-17-18-37-19-20-38-21-22-40/h9,24-25,27-31,40H,6-8,10-23H2,1-5H3,(H,35,36)/t25-,27+,28+,29-,30+,31+,33+,34-/m1/s1. The van der Waals surface area contributed by atoms with E-state index in [2.05, 4.69) is 58.6 Å². The van der Waals surface area contributed by atoms with Gasteiger partial charge in [-0.2, -0.15) is 12.6 Å². The number of rotatable bonds is 14. The molecule has 0 heterocycles. The number of nitrogens with one attached hydrogen (secondary N) is 1. The van der Waals surface area contributed by atoms with Crippen LogP contribution in [0.15, 0.2) is 11.6 Å². The van der Waals surface area contributed by atoms with E-state index in [0.717, 1.165) is 54.8 Å². The van der Waals surface area contributed by atoms with E-state index in [1.165, 1.54) is 51.4 Å². The maximum Gasteiger partial charge on any atom is 0.407 e. The first-order valence-corrected chi connectivity index (χ1v) is 17.2. The highest BCUT2D eigenvalue weighted by molar-refractivity contribution is 7.80. The van der Waals surface area contributed by atoms with Crippen molar-refractivity contribution in [1.82, 2.24) is 5.32 Å². The lowest BCUT2D eigenvalue weighted by Crippen LogP contribution is -2.51. The van der Waals surface area contributed by atoms with E-state index < -0.39 is 0 Å². The molecule has 0 saturated heterocycles. The molecule has 8 atom stereocenters. The average Bonchev–Trinajstić information content (AvgIpc) is 3.27. The highest BCUT2D eigenvalue weighted by atomic mass is 32.1. The molecule has 40 heavy (non-hydrogen) atoms. The number of carbonyl (C=O) groups excluding carboxylic acids is 1. The number of thiol groups is 1. The fraction of sp³-hybridized carbons (Fsp3) is 0.912. The normalized spacial score (nSPS) is 35.9. The first-order valence-electron chi connectivity index (χ1n) is 16.6. The molecule has 0 aromatic rings. The molecule has 3 fully saturated rings. The molecular weight excluding hydrogens is 518 g/mol. The Hall–Kier alpha value is -0.720. The fourth-order valence-electron chi connectivity index (χ4n) is 9.56. The number of fused-ring (bicyclic) bond motifs is 5. The number of allylic oxidation sites excluding steroid dienone is 1. The highest BCUT2D eigenvalue weighted by Gasteiger charge is 2.59. The molecular formula is C34H59NO4S. The zero-order valence-electron chi connectivity index (χ0n) is 26.2. The Kier molecular flexibility index (Phi) is 11.8. The number of ether oxygens (including phenoxy) is 3. The second kappa shape index (κ2) is 14.6. The molecule has 1 amide bonds. The SMILES string of the molecule is CC(C)CCC[C@@H](C)[C@H]1CC[C@H]2[C@@H]3CC=C4C[C@@H](OC(=O)NCCOCCOCCS)CC[C@]4(C)[C@H]3CC[C@]12C. The molecule has 0 spiro atoms. The van der Waals surface area contributed by atoms with Gasteiger partial charge in [-0.15, -0.1) is 0 Å². The summed E-state index contributed by atoms with van der Waals surface area (Å²) in [6, 6.07) is 0. The van der Waals surface area contributed by atoms with Crippen LogP contribution in [0.5, 0.6) is 0 Å². The molecule has 0 radical (unpaired) electrons. The summed E-state index contributed by atoms with van der Waals surface area (Å²) in [4.78, 5) is 12.5. The number of amides is 1. The van der Waals surface area contributed by atoms with Crippen LogP contribution >= 0.6 is 12.6 Å². The third kappa shape index (κ3) is 7.43. The van der Waals surface area contributed by atoms with Crippen molar-refractivity contribution in [3.8, 4) is 0 Å². The van der Waals surface area contributed by atoms with Gasteiger partial charge < -0.3 is 19.5 Å². The van der Waals surface area contributed by atoms with Gasteiger partial charge in [0.2, 0.25) is 0 Å². The van der Waals surface area contributed by atoms with Crippen LogP contribution in [0.1, 0.15) is 105 Å². The maximum absolute atomic E-state index is 12.5. The van der Waals surface area contributed by atoms with Crippen molar-refractivity contribution in [2.75, 3.05) is 38.7 Å². The summed E-state index contributed by atoms with van der Waals surface area (Å²) in [6.45, 7) is 15.2. The summed E-state index contributed by atoms with van der Waals surface area (Å²) in [5, 5.41) is 2.86. The second-order valence-corrected chi connectivity index (χ2v) is 14.9. The second-order valence-electron chi connectivity index (χ2n) is 14.4. The predicted octanol–water partition coefficient (Wildman–Crippen LogP) is 8.09. The van der Waals surface area contributed by atoms with Crippen LogP contribution < -0.4 is 5.32 Å². The summed E-state index contributed by atoms with van der Waals surface area (Å²) in [6.07, 6.45) is 16.4. The van der Waals surface area contributed by atoms with Crippen molar-refractivity contribution in [1.29, 1.82) is 0 Å². The van der Waals surface area contributed by atoms with Gasteiger partial charge in [0.1, 0.15) is 6.10 Å². The molecule has 4 rings (SSSR count). The fourth-order valence-corrected chi connectivity index (χ4v) is 9.69. The van der Waals surface area contributed by atoms with Crippen molar-refractivity contribution in [3.63, 3.8) is 0 Å². The minimum Gasteiger partial charge on any atom is -0.446 e. The van der Waals surface area contributed by atoms with Gasteiger partial charge in [0, 0.05) is 18.7 Å². The van der Waals surface area contributed by atoms with E-state index in [0.29, 0.717) is 44.1 Å². The van der Waals surface area contributed by atoms with Gasteiger partial charge >= 0.3 is 6.09 Å². The largest absolute Gasteiger partial charge is 0.446 e. The zero-order valence-corrected chi connectivity index (χ0v) is 27.1. The lowest BCUT2D eigenvalue weighted by molar-refractivity contribution is -0.0581. The van der Waals surface area contributed by atoms with E-state index in [1.807, 2.05) is 0 Å². The van der Waals surface area contributed by atoms with E-state index in [4.69, 9.17) is 14.2 Å². The molecule has 4 aliphatic rings. The van der Waals surface area contributed by atoms with E-state index in [1.54, 1.807) is 5.57 Å². The molecule has 5 nitrogen and oxygen atoms in total. The Labute approximate surface area is 250 Å². The molecule has 4 aliphatic carbocycles. The van der Waals surface area contributed by atoms with Gasteiger partial charge in [-0.25, -0.2) is 4.79 Å². The van der Waals surface area contributed by atoms with Crippen molar-refractivity contribution in [3.05, 3.63) is 11.6 Å². The number of carbonyl (C=O) groups is 1. The Morgan fingerprint density at radius 3 is 2.52 bits per heavy atom. The lowest BCUT2D eigenvalue weighted by atomic mass is 9.47. The van der Waals surface area contributed by atoms with Crippen LogP contribution in [0, 0.1) is 46.3 Å². The topological polar surface area (TPSA) is 56.8 Å². The summed E-state index contributed by atoms with van der Waals surface area (Å²) in [7, 11) is 0. The van der Waals surface area contributed by atoms with Crippen molar-refractivity contribution in [2.24, 2.45) is 46.3 Å². The molecule has 0 unspecified atom stereocenters. The van der Waals surface area contributed by atoms with Gasteiger partial charge in [0.15, 0.2) is 0 Å². The quantitative estimate of drug-likeness (QED) is 0.124. The van der Waals surface area contributed by atoms with Crippen LogP contribution in [0.25, 0.3) is 0 Å². The molecule has 0 aromatic heterocycles. The van der Waals surface area contributed by atoms with Crippen LogP contribution in [0.2, 0.25) is 0 Å². The van der Waals surface area contributed by atoms with Gasteiger partial charge in [0.25, 0.3) is 0 Å². The summed E-state index contributed by atoms with van der Waals surface area (Å²) in [5.41, 5.74) is 2.38. The Bertz CT molecular complexity index is 848. The van der Waals surface area contributed by atoms with E-state index in [-0.39, 0.29) is 17.6 Å². The maximum atomic E-state index is 12.5.